The molecule has 0 aliphatic carbocycles. The third-order valence-corrected chi connectivity index (χ3v) is 8.87. The van der Waals surface area contributed by atoms with Crippen molar-refractivity contribution in [2.75, 3.05) is 5.32 Å². The maximum Gasteiger partial charge on any atom is 0.297 e. The molecule has 1 unspecified atom stereocenters. The summed E-state index contributed by atoms with van der Waals surface area (Å²) < 4.78 is 32.0. The monoisotopic (exact) mass is 571 g/mol. The largest absolute Gasteiger partial charge is 0.323 e. The van der Waals surface area contributed by atoms with E-state index < -0.39 is 22.1 Å². The van der Waals surface area contributed by atoms with Crippen LogP contribution in [0.4, 0.5) is 5.69 Å². The number of nitrogens with one attached hydrogen (secondary N) is 1. The van der Waals surface area contributed by atoms with Gasteiger partial charge in [0.1, 0.15) is 0 Å². The summed E-state index contributed by atoms with van der Waals surface area (Å²) in [5, 5.41) is 3.09. The van der Waals surface area contributed by atoms with E-state index in [0.29, 0.717) is 6.42 Å². The van der Waals surface area contributed by atoms with Crippen molar-refractivity contribution in [3.63, 3.8) is 0 Å². The van der Waals surface area contributed by atoms with Crippen LogP contribution in [0.1, 0.15) is 140 Å². The third-order valence-electron chi connectivity index (χ3n) is 7.54. The van der Waals surface area contributed by atoms with E-state index in [0.717, 1.165) is 41.6 Å². The van der Waals surface area contributed by atoms with E-state index in [2.05, 4.69) is 39.9 Å². The van der Waals surface area contributed by atoms with Crippen LogP contribution in [0.5, 0.6) is 0 Å². The maximum absolute atomic E-state index is 13.6. The highest BCUT2D eigenvalue weighted by molar-refractivity contribution is 7.86. The van der Waals surface area contributed by atoms with Gasteiger partial charge in [-0.1, -0.05) is 141 Å². The lowest BCUT2D eigenvalue weighted by Gasteiger charge is -2.23. The van der Waals surface area contributed by atoms with Crippen LogP contribution in [0.3, 0.4) is 0 Å². The Labute approximate surface area is 244 Å². The Morgan fingerprint density at radius 2 is 1.23 bits per heavy atom. The molecule has 0 radical (unpaired) electrons. The molecule has 0 aromatic heterocycles. The SMILES string of the molecule is CCCCCCCCCCCCCC(OS(=O)(=O)c1ccc(C)cc1)C(=O)Nc1c(C(C)C)cccc1C(C)C. The van der Waals surface area contributed by atoms with Crippen LogP contribution < -0.4 is 5.32 Å². The van der Waals surface area contributed by atoms with Gasteiger partial charge in [-0.05, 0) is 48.4 Å². The number of hydrogen-bond donors (Lipinski definition) is 1. The van der Waals surface area contributed by atoms with Crippen molar-refractivity contribution in [2.24, 2.45) is 0 Å². The fourth-order valence-corrected chi connectivity index (χ4v) is 6.10. The van der Waals surface area contributed by atoms with Gasteiger partial charge in [0.2, 0.25) is 0 Å². The van der Waals surface area contributed by atoms with Crippen LogP contribution in [0, 0.1) is 6.92 Å². The summed E-state index contributed by atoms with van der Waals surface area (Å²) in [6.45, 7) is 12.5. The van der Waals surface area contributed by atoms with Crippen molar-refractivity contribution >= 4 is 21.7 Å². The van der Waals surface area contributed by atoms with E-state index >= 15 is 0 Å². The molecule has 6 heteroatoms. The number of para-hydroxylation sites is 1. The second kappa shape index (κ2) is 17.6. The molecular weight excluding hydrogens is 518 g/mol. The molecule has 224 valence electrons. The Bertz CT molecular complexity index is 1100. The number of amides is 1. The van der Waals surface area contributed by atoms with Gasteiger partial charge in [0, 0.05) is 5.69 Å². The fraction of sp³-hybridized carbons (Fsp3) is 0.618. The zero-order valence-corrected chi connectivity index (χ0v) is 26.6. The number of rotatable bonds is 19. The van der Waals surface area contributed by atoms with Crippen LogP contribution in [-0.4, -0.2) is 20.4 Å². The maximum atomic E-state index is 13.6. The molecule has 1 N–H and O–H groups in total. The molecule has 5 nitrogen and oxygen atoms in total. The molecule has 0 spiro atoms. The summed E-state index contributed by atoms with van der Waals surface area (Å²) in [6.07, 6.45) is 12.3. The minimum absolute atomic E-state index is 0.0697. The fourth-order valence-electron chi connectivity index (χ4n) is 5.03. The smallest absolute Gasteiger partial charge is 0.297 e. The predicted octanol–water partition coefficient (Wildman–Crippen LogP) is 9.66. The second-order valence-electron chi connectivity index (χ2n) is 11.8. The van der Waals surface area contributed by atoms with Crippen LogP contribution in [-0.2, 0) is 19.1 Å². The minimum Gasteiger partial charge on any atom is -0.323 e. The van der Waals surface area contributed by atoms with Crippen LogP contribution in [0.15, 0.2) is 47.4 Å². The summed E-state index contributed by atoms with van der Waals surface area (Å²) >= 11 is 0. The minimum atomic E-state index is -4.09. The summed E-state index contributed by atoms with van der Waals surface area (Å²) in [7, 11) is -4.09. The van der Waals surface area contributed by atoms with Crippen molar-refractivity contribution in [3.05, 3.63) is 59.2 Å². The molecule has 1 atom stereocenters. The van der Waals surface area contributed by atoms with Crippen molar-refractivity contribution < 1.29 is 17.4 Å². The second-order valence-corrected chi connectivity index (χ2v) is 13.4. The molecule has 0 saturated carbocycles. The normalized spacial score (nSPS) is 12.7. The van der Waals surface area contributed by atoms with Gasteiger partial charge in [-0.15, -0.1) is 0 Å². The number of benzene rings is 2. The molecule has 1 amide bonds. The average Bonchev–Trinajstić information content (AvgIpc) is 2.91. The molecule has 0 aliphatic rings. The van der Waals surface area contributed by atoms with Crippen LogP contribution in [0.25, 0.3) is 0 Å². The first-order valence-electron chi connectivity index (χ1n) is 15.5. The number of anilines is 1. The average molecular weight is 572 g/mol. The number of unbranched alkanes of at least 4 members (excludes halogenated alkanes) is 10. The van der Waals surface area contributed by atoms with E-state index in [1.807, 2.05) is 25.1 Å². The molecule has 0 saturated heterocycles. The molecule has 2 rings (SSSR count). The number of carbonyl (C=O) groups is 1. The van der Waals surface area contributed by atoms with Gasteiger partial charge in [0.15, 0.2) is 6.10 Å². The summed E-state index contributed by atoms with van der Waals surface area (Å²) in [4.78, 5) is 13.7. The number of hydrogen-bond acceptors (Lipinski definition) is 4. The van der Waals surface area contributed by atoms with Gasteiger partial charge in [0.25, 0.3) is 16.0 Å². The van der Waals surface area contributed by atoms with E-state index in [-0.39, 0.29) is 16.7 Å². The topological polar surface area (TPSA) is 72.5 Å². The highest BCUT2D eigenvalue weighted by Gasteiger charge is 2.29. The standard InChI is InChI=1S/C34H53NO4S/c1-7-8-9-10-11-12-13-14-15-16-17-21-32(39-40(37,38)29-24-22-28(6)23-25-29)34(36)35-33-30(26(2)3)19-18-20-31(33)27(4)5/h18-20,22-27,32H,7-17,21H2,1-6H3,(H,35,36). The lowest BCUT2D eigenvalue weighted by atomic mass is 9.92. The molecule has 2 aromatic carbocycles. The molecule has 0 aliphatic heterocycles. The predicted molar refractivity (Wildman–Crippen MR) is 168 cm³/mol. The molecule has 0 heterocycles. The van der Waals surface area contributed by atoms with Gasteiger partial charge in [-0.2, -0.15) is 8.42 Å². The van der Waals surface area contributed by atoms with Crippen molar-refractivity contribution in [3.8, 4) is 0 Å². The van der Waals surface area contributed by atoms with Gasteiger partial charge >= 0.3 is 0 Å². The van der Waals surface area contributed by atoms with Crippen molar-refractivity contribution in [2.45, 2.75) is 141 Å². The quantitative estimate of drug-likeness (QED) is 0.135. The molecule has 0 fully saturated rings. The Kier molecular flexibility index (Phi) is 15.0. The van der Waals surface area contributed by atoms with Gasteiger partial charge < -0.3 is 5.32 Å². The molecule has 40 heavy (non-hydrogen) atoms. The van der Waals surface area contributed by atoms with Crippen LogP contribution >= 0.6 is 0 Å². The van der Waals surface area contributed by atoms with Crippen molar-refractivity contribution in [1.29, 1.82) is 0 Å². The van der Waals surface area contributed by atoms with E-state index in [1.54, 1.807) is 12.1 Å². The molecule has 2 aromatic rings. The van der Waals surface area contributed by atoms with Crippen molar-refractivity contribution in [1.82, 2.24) is 0 Å². The number of carbonyl (C=O) groups excluding carboxylic acids is 1. The Balaban J connectivity index is 2.09. The van der Waals surface area contributed by atoms with Gasteiger partial charge in [0.05, 0.1) is 4.90 Å². The zero-order valence-electron chi connectivity index (χ0n) is 25.8. The highest BCUT2D eigenvalue weighted by Crippen LogP contribution is 2.33. The lowest BCUT2D eigenvalue weighted by molar-refractivity contribution is -0.122. The Hall–Kier alpha value is -2.18. The number of aryl methyl sites for hydroxylation is 1. The summed E-state index contributed by atoms with van der Waals surface area (Å²) in [6, 6.07) is 12.6. The first-order chi connectivity index (χ1) is 19.1. The lowest BCUT2D eigenvalue weighted by Crippen LogP contribution is -2.33. The molecular formula is C34H53NO4S. The van der Waals surface area contributed by atoms with Gasteiger partial charge in [-0.25, -0.2) is 0 Å². The zero-order chi connectivity index (χ0) is 29.5. The summed E-state index contributed by atoms with van der Waals surface area (Å²) in [5.41, 5.74) is 3.81. The molecule has 0 bridgehead atoms. The van der Waals surface area contributed by atoms with E-state index in [9.17, 15) is 13.2 Å². The Morgan fingerprint density at radius 3 is 1.70 bits per heavy atom. The third kappa shape index (κ3) is 11.4. The highest BCUT2D eigenvalue weighted by atomic mass is 32.2. The first-order valence-corrected chi connectivity index (χ1v) is 16.9. The van der Waals surface area contributed by atoms with Crippen LogP contribution in [0.2, 0.25) is 0 Å². The van der Waals surface area contributed by atoms with Gasteiger partial charge in [-0.3, -0.25) is 8.98 Å². The summed E-state index contributed by atoms with van der Waals surface area (Å²) in [5.74, 6) is 0.00498. The Morgan fingerprint density at radius 1 is 0.750 bits per heavy atom. The van der Waals surface area contributed by atoms with E-state index in [1.165, 1.54) is 63.5 Å². The first kappa shape index (κ1) is 34.0. The van der Waals surface area contributed by atoms with E-state index in [4.69, 9.17) is 4.18 Å².